The van der Waals surface area contributed by atoms with E-state index in [-0.39, 0.29) is 0 Å². The summed E-state index contributed by atoms with van der Waals surface area (Å²) in [4.78, 5) is 11.4. The Bertz CT molecular complexity index is 328. The molecule has 0 aliphatic rings. The number of aromatic nitrogens is 2. The number of rotatable bonds is 7. The van der Waals surface area contributed by atoms with Crippen LogP contribution in [-0.4, -0.2) is 23.1 Å². The molecule has 0 atom stereocenters. The zero-order chi connectivity index (χ0) is 12.7. The van der Waals surface area contributed by atoms with Crippen LogP contribution in [0.1, 0.15) is 50.9 Å². The minimum atomic E-state index is 1.00. The van der Waals surface area contributed by atoms with Gasteiger partial charge in [-0.05, 0) is 26.7 Å². The maximum absolute atomic E-state index is 4.64. The monoisotopic (exact) mass is 235 g/mol. The van der Waals surface area contributed by atoms with E-state index < -0.39 is 0 Å². The first-order valence-electron chi connectivity index (χ1n) is 6.74. The Balaban J connectivity index is 2.82. The molecule has 0 fully saturated rings. The van der Waals surface area contributed by atoms with Crippen LogP contribution in [0.4, 0.5) is 5.82 Å². The van der Waals surface area contributed by atoms with Crippen molar-refractivity contribution >= 4 is 5.82 Å². The van der Waals surface area contributed by atoms with Gasteiger partial charge in [-0.15, -0.1) is 0 Å². The van der Waals surface area contributed by atoms with Gasteiger partial charge in [0.15, 0.2) is 0 Å². The smallest absolute Gasteiger partial charge is 0.150 e. The van der Waals surface area contributed by atoms with Crippen molar-refractivity contribution < 1.29 is 0 Å². The molecule has 1 aromatic heterocycles. The Morgan fingerprint density at radius 1 is 1.06 bits per heavy atom. The molecule has 1 rings (SSSR count). The SMILES string of the molecule is CCCCN(CCCC)c1nc(C)cnc1C. The molecule has 0 radical (unpaired) electrons. The minimum Gasteiger partial charge on any atom is -0.355 e. The van der Waals surface area contributed by atoms with Gasteiger partial charge in [0, 0.05) is 19.3 Å². The van der Waals surface area contributed by atoms with E-state index in [4.69, 9.17) is 0 Å². The van der Waals surface area contributed by atoms with Crippen molar-refractivity contribution in [2.75, 3.05) is 18.0 Å². The molecule has 96 valence electrons. The molecule has 0 spiro atoms. The van der Waals surface area contributed by atoms with E-state index >= 15 is 0 Å². The predicted octanol–water partition coefficient (Wildman–Crippen LogP) is 3.50. The van der Waals surface area contributed by atoms with Crippen molar-refractivity contribution in [3.05, 3.63) is 17.6 Å². The molecular formula is C14H25N3. The Morgan fingerprint density at radius 2 is 1.65 bits per heavy atom. The van der Waals surface area contributed by atoms with E-state index in [1.807, 2.05) is 20.0 Å². The number of hydrogen-bond acceptors (Lipinski definition) is 3. The molecule has 17 heavy (non-hydrogen) atoms. The highest BCUT2D eigenvalue weighted by Gasteiger charge is 2.11. The number of unbranched alkanes of at least 4 members (excludes halogenated alkanes) is 2. The summed E-state index contributed by atoms with van der Waals surface area (Å²) < 4.78 is 0. The lowest BCUT2D eigenvalue weighted by atomic mass is 10.2. The van der Waals surface area contributed by atoms with Crippen LogP contribution >= 0.6 is 0 Å². The third-order valence-electron chi connectivity index (χ3n) is 2.91. The van der Waals surface area contributed by atoms with E-state index in [1.54, 1.807) is 0 Å². The van der Waals surface area contributed by atoms with Gasteiger partial charge in [-0.25, -0.2) is 4.98 Å². The number of nitrogens with zero attached hydrogens (tertiary/aromatic N) is 3. The average Bonchev–Trinajstić information content (AvgIpc) is 2.33. The summed E-state index contributed by atoms with van der Waals surface area (Å²) in [6, 6.07) is 0. The molecule has 1 aromatic rings. The van der Waals surface area contributed by atoms with Crippen LogP contribution in [-0.2, 0) is 0 Å². The van der Waals surface area contributed by atoms with Crippen molar-refractivity contribution in [3.63, 3.8) is 0 Å². The van der Waals surface area contributed by atoms with E-state index in [1.165, 1.54) is 25.7 Å². The fourth-order valence-electron chi connectivity index (χ4n) is 1.85. The Kier molecular flexibility index (Phi) is 5.95. The minimum absolute atomic E-state index is 1.00. The summed E-state index contributed by atoms with van der Waals surface area (Å²) in [5.41, 5.74) is 2.05. The van der Waals surface area contributed by atoms with Crippen molar-refractivity contribution in [2.45, 2.75) is 53.4 Å². The first-order valence-corrected chi connectivity index (χ1v) is 6.74. The topological polar surface area (TPSA) is 29.0 Å². The Hall–Kier alpha value is -1.12. The lowest BCUT2D eigenvalue weighted by molar-refractivity contribution is 0.666. The second kappa shape index (κ2) is 7.25. The molecule has 0 aliphatic carbocycles. The van der Waals surface area contributed by atoms with Gasteiger partial charge in [0.05, 0.1) is 11.4 Å². The van der Waals surface area contributed by atoms with Crippen molar-refractivity contribution in [2.24, 2.45) is 0 Å². The number of hydrogen-bond donors (Lipinski definition) is 0. The van der Waals surface area contributed by atoms with Crippen LogP contribution in [0.15, 0.2) is 6.20 Å². The quantitative estimate of drug-likeness (QED) is 0.724. The summed E-state index contributed by atoms with van der Waals surface area (Å²) in [5.74, 6) is 1.08. The summed E-state index contributed by atoms with van der Waals surface area (Å²) >= 11 is 0. The molecule has 0 aromatic carbocycles. The maximum Gasteiger partial charge on any atom is 0.150 e. The van der Waals surface area contributed by atoms with Gasteiger partial charge in [0.1, 0.15) is 5.82 Å². The van der Waals surface area contributed by atoms with Crippen LogP contribution in [0, 0.1) is 13.8 Å². The first kappa shape index (κ1) is 13.9. The highest BCUT2D eigenvalue weighted by atomic mass is 15.2. The molecule has 0 unspecified atom stereocenters. The van der Waals surface area contributed by atoms with Gasteiger partial charge in [0.2, 0.25) is 0 Å². The van der Waals surface area contributed by atoms with E-state index in [0.29, 0.717) is 0 Å². The lowest BCUT2D eigenvalue weighted by Crippen LogP contribution is -2.27. The van der Waals surface area contributed by atoms with Gasteiger partial charge in [0.25, 0.3) is 0 Å². The summed E-state index contributed by atoms with van der Waals surface area (Å²) in [7, 11) is 0. The van der Waals surface area contributed by atoms with Crippen LogP contribution in [0.2, 0.25) is 0 Å². The van der Waals surface area contributed by atoms with Gasteiger partial charge in [-0.2, -0.15) is 0 Å². The molecule has 0 aliphatic heterocycles. The van der Waals surface area contributed by atoms with Gasteiger partial charge < -0.3 is 4.90 Å². The predicted molar refractivity (Wildman–Crippen MR) is 73.5 cm³/mol. The fraction of sp³-hybridized carbons (Fsp3) is 0.714. The highest BCUT2D eigenvalue weighted by Crippen LogP contribution is 2.16. The van der Waals surface area contributed by atoms with Crippen LogP contribution < -0.4 is 4.90 Å². The van der Waals surface area contributed by atoms with Crippen LogP contribution in [0.25, 0.3) is 0 Å². The van der Waals surface area contributed by atoms with Crippen molar-refractivity contribution in [1.82, 2.24) is 9.97 Å². The Labute approximate surface area is 105 Å². The molecule has 0 bridgehead atoms. The fourth-order valence-corrected chi connectivity index (χ4v) is 1.85. The van der Waals surface area contributed by atoms with E-state index in [2.05, 4.69) is 28.7 Å². The Morgan fingerprint density at radius 3 is 2.18 bits per heavy atom. The standard InChI is InChI=1S/C14H25N3/c1-5-7-9-17(10-8-6-2)14-13(4)15-11-12(3)16-14/h11H,5-10H2,1-4H3. The van der Waals surface area contributed by atoms with Gasteiger partial charge in [-0.1, -0.05) is 26.7 Å². The molecule has 0 saturated carbocycles. The maximum atomic E-state index is 4.64. The largest absolute Gasteiger partial charge is 0.355 e. The molecule has 3 heteroatoms. The van der Waals surface area contributed by atoms with Crippen LogP contribution in [0.3, 0.4) is 0 Å². The molecule has 0 saturated heterocycles. The van der Waals surface area contributed by atoms with E-state index in [9.17, 15) is 0 Å². The first-order chi connectivity index (χ1) is 8.19. The van der Waals surface area contributed by atoms with Gasteiger partial charge >= 0.3 is 0 Å². The lowest BCUT2D eigenvalue weighted by Gasteiger charge is -2.24. The molecule has 3 nitrogen and oxygen atoms in total. The van der Waals surface area contributed by atoms with E-state index in [0.717, 1.165) is 30.3 Å². The average molecular weight is 235 g/mol. The number of aryl methyl sites for hydroxylation is 2. The molecule has 1 heterocycles. The molecule has 0 N–H and O–H groups in total. The zero-order valence-electron chi connectivity index (χ0n) is 11.7. The second-order valence-electron chi connectivity index (χ2n) is 4.61. The summed E-state index contributed by atoms with van der Waals surface area (Å²) in [5, 5.41) is 0. The van der Waals surface area contributed by atoms with Gasteiger partial charge in [-0.3, -0.25) is 4.98 Å². The summed E-state index contributed by atoms with van der Waals surface area (Å²) in [6.07, 6.45) is 6.73. The molecule has 0 amide bonds. The zero-order valence-corrected chi connectivity index (χ0v) is 11.7. The second-order valence-corrected chi connectivity index (χ2v) is 4.61. The molecular weight excluding hydrogens is 210 g/mol. The van der Waals surface area contributed by atoms with Crippen molar-refractivity contribution in [3.8, 4) is 0 Å². The van der Waals surface area contributed by atoms with Crippen LogP contribution in [0.5, 0.6) is 0 Å². The third-order valence-corrected chi connectivity index (χ3v) is 2.91. The highest BCUT2D eigenvalue weighted by molar-refractivity contribution is 5.43. The van der Waals surface area contributed by atoms with Crippen molar-refractivity contribution in [1.29, 1.82) is 0 Å². The third kappa shape index (κ3) is 4.33. The summed E-state index contributed by atoms with van der Waals surface area (Å²) in [6.45, 7) is 10.7. The number of anilines is 1. The normalized spacial score (nSPS) is 10.6.